The predicted molar refractivity (Wildman–Crippen MR) is 76.7 cm³/mol. The number of imidazole rings is 1. The van der Waals surface area contributed by atoms with E-state index >= 15 is 0 Å². The van der Waals surface area contributed by atoms with Gasteiger partial charge in [-0.1, -0.05) is 18.5 Å². The summed E-state index contributed by atoms with van der Waals surface area (Å²) in [5.41, 5.74) is 2.26. The van der Waals surface area contributed by atoms with Crippen LogP contribution < -0.4 is 4.74 Å². The molecule has 0 bridgehead atoms. The lowest BCUT2D eigenvalue weighted by atomic mass is 9.98. The SMILES string of the molecule is COc1ccc(-c2nc(Cl)c3n2CCC(C)C3)cc1. The number of hydrogen-bond acceptors (Lipinski definition) is 2. The van der Waals surface area contributed by atoms with Crippen LogP contribution in [0.1, 0.15) is 19.0 Å². The fraction of sp³-hybridized carbons (Fsp3) is 0.400. The van der Waals surface area contributed by atoms with E-state index in [9.17, 15) is 0 Å². The molecule has 3 nitrogen and oxygen atoms in total. The maximum absolute atomic E-state index is 6.28. The van der Waals surface area contributed by atoms with Crippen LogP contribution in [-0.2, 0) is 13.0 Å². The maximum atomic E-state index is 6.28. The Morgan fingerprint density at radius 1 is 1.32 bits per heavy atom. The van der Waals surface area contributed by atoms with Gasteiger partial charge in [0, 0.05) is 12.1 Å². The van der Waals surface area contributed by atoms with Gasteiger partial charge < -0.3 is 9.30 Å². The second kappa shape index (κ2) is 4.89. The zero-order valence-corrected chi connectivity index (χ0v) is 11.9. The van der Waals surface area contributed by atoms with E-state index in [1.165, 1.54) is 12.1 Å². The topological polar surface area (TPSA) is 27.1 Å². The van der Waals surface area contributed by atoms with Crippen molar-refractivity contribution in [2.45, 2.75) is 26.3 Å². The largest absolute Gasteiger partial charge is 0.497 e. The van der Waals surface area contributed by atoms with Gasteiger partial charge in [0.2, 0.25) is 0 Å². The third-order valence-corrected chi connectivity index (χ3v) is 4.06. The number of methoxy groups -OCH3 is 1. The molecule has 100 valence electrons. The van der Waals surface area contributed by atoms with Crippen LogP contribution >= 0.6 is 11.6 Å². The quantitative estimate of drug-likeness (QED) is 0.834. The highest BCUT2D eigenvalue weighted by Gasteiger charge is 2.23. The van der Waals surface area contributed by atoms with Crippen molar-refractivity contribution in [3.05, 3.63) is 35.1 Å². The fourth-order valence-electron chi connectivity index (χ4n) is 2.63. The van der Waals surface area contributed by atoms with E-state index in [2.05, 4.69) is 16.5 Å². The average Bonchev–Trinajstić information content (AvgIpc) is 2.76. The Morgan fingerprint density at radius 3 is 2.74 bits per heavy atom. The number of fused-ring (bicyclic) bond motifs is 1. The average molecular weight is 277 g/mol. The van der Waals surface area contributed by atoms with Gasteiger partial charge in [-0.2, -0.15) is 0 Å². The highest BCUT2D eigenvalue weighted by atomic mass is 35.5. The van der Waals surface area contributed by atoms with Crippen LogP contribution in [0.4, 0.5) is 0 Å². The molecule has 0 radical (unpaired) electrons. The molecule has 2 heterocycles. The molecule has 0 spiro atoms. The Hall–Kier alpha value is -1.48. The van der Waals surface area contributed by atoms with Crippen molar-refractivity contribution >= 4 is 11.6 Å². The molecule has 2 aromatic rings. The molecule has 0 amide bonds. The summed E-state index contributed by atoms with van der Waals surface area (Å²) in [6.07, 6.45) is 2.20. The van der Waals surface area contributed by atoms with Crippen molar-refractivity contribution in [2.24, 2.45) is 5.92 Å². The summed E-state index contributed by atoms with van der Waals surface area (Å²) in [6.45, 7) is 3.26. The summed E-state index contributed by atoms with van der Waals surface area (Å²) in [6, 6.07) is 7.97. The molecule has 0 fully saturated rings. The summed E-state index contributed by atoms with van der Waals surface area (Å²) in [4.78, 5) is 4.54. The van der Waals surface area contributed by atoms with Gasteiger partial charge in [-0.25, -0.2) is 4.98 Å². The molecule has 1 aliphatic rings. The monoisotopic (exact) mass is 276 g/mol. The van der Waals surface area contributed by atoms with Crippen molar-refractivity contribution in [3.63, 3.8) is 0 Å². The molecule has 0 N–H and O–H groups in total. The van der Waals surface area contributed by atoms with Gasteiger partial charge in [0.1, 0.15) is 11.6 Å². The molecule has 0 aliphatic carbocycles. The van der Waals surface area contributed by atoms with E-state index in [0.717, 1.165) is 30.1 Å². The summed E-state index contributed by atoms with van der Waals surface area (Å²) in [7, 11) is 1.67. The standard InChI is InChI=1S/C15H17ClN2O/c1-10-7-8-18-13(9-10)14(16)17-15(18)11-3-5-12(19-2)6-4-11/h3-6,10H,7-9H2,1-2H3. The number of ether oxygens (including phenoxy) is 1. The van der Waals surface area contributed by atoms with Gasteiger partial charge in [-0.15, -0.1) is 0 Å². The molecule has 19 heavy (non-hydrogen) atoms. The highest BCUT2D eigenvalue weighted by molar-refractivity contribution is 6.30. The molecular weight excluding hydrogens is 260 g/mol. The van der Waals surface area contributed by atoms with Gasteiger partial charge in [-0.05, 0) is 43.0 Å². The molecule has 4 heteroatoms. The lowest BCUT2D eigenvalue weighted by Crippen LogP contribution is -2.17. The lowest BCUT2D eigenvalue weighted by molar-refractivity contribution is 0.414. The summed E-state index contributed by atoms with van der Waals surface area (Å²) < 4.78 is 7.44. The first-order chi connectivity index (χ1) is 9.19. The molecule has 3 rings (SSSR count). The van der Waals surface area contributed by atoms with Crippen LogP contribution in [-0.4, -0.2) is 16.7 Å². The Balaban J connectivity index is 2.03. The number of benzene rings is 1. The van der Waals surface area contributed by atoms with Crippen molar-refractivity contribution < 1.29 is 4.74 Å². The number of halogens is 1. The normalized spacial score (nSPS) is 18.2. The van der Waals surface area contributed by atoms with Gasteiger partial charge in [0.15, 0.2) is 5.15 Å². The van der Waals surface area contributed by atoms with Gasteiger partial charge >= 0.3 is 0 Å². The van der Waals surface area contributed by atoms with Crippen LogP contribution in [0.2, 0.25) is 5.15 Å². The van der Waals surface area contributed by atoms with Crippen LogP contribution in [0, 0.1) is 5.92 Å². The molecule has 0 saturated carbocycles. The van der Waals surface area contributed by atoms with Crippen LogP contribution in [0.15, 0.2) is 24.3 Å². The highest BCUT2D eigenvalue weighted by Crippen LogP contribution is 2.32. The molecule has 1 unspecified atom stereocenters. The van der Waals surface area contributed by atoms with E-state index in [-0.39, 0.29) is 0 Å². The molecule has 1 aromatic carbocycles. The number of aromatic nitrogens is 2. The maximum Gasteiger partial charge on any atom is 0.150 e. The van der Waals surface area contributed by atoms with Crippen LogP contribution in [0.5, 0.6) is 5.75 Å². The smallest absolute Gasteiger partial charge is 0.150 e. The lowest BCUT2D eigenvalue weighted by Gasteiger charge is -2.22. The number of rotatable bonds is 2. The van der Waals surface area contributed by atoms with E-state index in [4.69, 9.17) is 16.3 Å². The third kappa shape index (κ3) is 2.23. The van der Waals surface area contributed by atoms with Gasteiger partial charge in [-0.3, -0.25) is 0 Å². The second-order valence-corrected chi connectivity index (χ2v) is 5.51. The molecule has 0 saturated heterocycles. The summed E-state index contributed by atoms with van der Waals surface area (Å²) in [5, 5.41) is 0.650. The number of nitrogens with zero attached hydrogens (tertiary/aromatic N) is 2. The third-order valence-electron chi connectivity index (χ3n) is 3.76. The van der Waals surface area contributed by atoms with Crippen molar-refractivity contribution in [3.8, 4) is 17.1 Å². The minimum atomic E-state index is 0.650. The molecule has 1 atom stereocenters. The zero-order valence-electron chi connectivity index (χ0n) is 11.2. The Morgan fingerprint density at radius 2 is 2.05 bits per heavy atom. The minimum absolute atomic E-state index is 0.650. The predicted octanol–water partition coefficient (Wildman–Crippen LogP) is 3.79. The summed E-state index contributed by atoms with van der Waals surface area (Å²) >= 11 is 6.28. The van der Waals surface area contributed by atoms with Crippen LogP contribution in [0.3, 0.4) is 0 Å². The molecular formula is C15H17ClN2O. The van der Waals surface area contributed by atoms with Gasteiger partial charge in [0.25, 0.3) is 0 Å². The van der Waals surface area contributed by atoms with Crippen LogP contribution in [0.25, 0.3) is 11.4 Å². The minimum Gasteiger partial charge on any atom is -0.497 e. The number of hydrogen-bond donors (Lipinski definition) is 0. The molecule has 1 aromatic heterocycles. The van der Waals surface area contributed by atoms with E-state index in [1.54, 1.807) is 7.11 Å². The Kier molecular flexibility index (Phi) is 3.23. The van der Waals surface area contributed by atoms with E-state index in [1.807, 2.05) is 24.3 Å². The fourth-order valence-corrected chi connectivity index (χ4v) is 2.89. The second-order valence-electron chi connectivity index (χ2n) is 5.15. The van der Waals surface area contributed by atoms with Crippen molar-refractivity contribution in [1.29, 1.82) is 0 Å². The first-order valence-corrected chi connectivity index (χ1v) is 6.96. The zero-order chi connectivity index (χ0) is 13.4. The first-order valence-electron chi connectivity index (χ1n) is 6.58. The molecule has 1 aliphatic heterocycles. The van der Waals surface area contributed by atoms with Crippen molar-refractivity contribution in [1.82, 2.24) is 9.55 Å². The Bertz CT molecular complexity index is 589. The van der Waals surface area contributed by atoms with E-state index in [0.29, 0.717) is 11.1 Å². The Labute approximate surface area is 118 Å². The van der Waals surface area contributed by atoms with E-state index < -0.39 is 0 Å². The van der Waals surface area contributed by atoms with Gasteiger partial charge in [0.05, 0.1) is 12.8 Å². The summed E-state index contributed by atoms with van der Waals surface area (Å²) in [5.74, 6) is 2.51. The first kappa shape index (κ1) is 12.5. The van der Waals surface area contributed by atoms with Crippen molar-refractivity contribution in [2.75, 3.05) is 7.11 Å².